The zero-order valence-electron chi connectivity index (χ0n) is 4.53. The fourth-order valence-corrected chi connectivity index (χ4v) is 0.860. The highest BCUT2D eigenvalue weighted by atomic mass is 35.5. The highest BCUT2D eigenvalue weighted by molar-refractivity contribution is 6.23. The summed E-state index contributed by atoms with van der Waals surface area (Å²) in [5, 5.41) is 0.00463. The first-order chi connectivity index (χ1) is 3.81. The molecular weight excluding hydrogens is 143 g/mol. The molecule has 0 aliphatic carbocycles. The molecule has 8 heavy (non-hydrogen) atoms. The van der Waals surface area contributed by atoms with E-state index in [-0.39, 0.29) is 5.38 Å². The second-order valence-corrected chi connectivity index (χ2v) is 2.30. The lowest BCUT2D eigenvalue weighted by atomic mass is 10.3. The third-order valence-electron chi connectivity index (χ3n) is 0.684. The molecule has 0 saturated heterocycles. The first-order valence-electron chi connectivity index (χ1n) is 2.37. The van der Waals surface area contributed by atoms with Crippen molar-refractivity contribution in [3.63, 3.8) is 0 Å². The van der Waals surface area contributed by atoms with Gasteiger partial charge in [0.15, 0.2) is 0 Å². The van der Waals surface area contributed by atoms with Crippen LogP contribution in [0.15, 0.2) is 18.4 Å². The van der Waals surface area contributed by atoms with Crippen molar-refractivity contribution in [2.75, 3.05) is 5.88 Å². The van der Waals surface area contributed by atoms with Crippen LogP contribution in [0.25, 0.3) is 0 Å². The lowest BCUT2D eigenvalue weighted by Crippen LogP contribution is -1.91. The number of hydrogen-bond donors (Lipinski definition) is 0. The molecule has 0 saturated carbocycles. The van der Waals surface area contributed by atoms with Gasteiger partial charge in [0.1, 0.15) is 0 Å². The van der Waals surface area contributed by atoms with Crippen molar-refractivity contribution in [3.8, 4) is 0 Å². The van der Waals surface area contributed by atoms with Crippen LogP contribution in [0.1, 0.15) is 6.42 Å². The van der Waals surface area contributed by atoms with E-state index in [1.165, 1.54) is 0 Å². The van der Waals surface area contributed by atoms with E-state index in [2.05, 4.69) is 12.3 Å². The zero-order valence-corrected chi connectivity index (χ0v) is 6.04. The van der Waals surface area contributed by atoms with E-state index in [1.54, 1.807) is 6.08 Å². The Labute approximate surface area is 59.8 Å². The molecule has 0 aromatic carbocycles. The maximum atomic E-state index is 5.64. The SMILES string of the molecule is C=C=CC(Cl)CCCl. The van der Waals surface area contributed by atoms with Crippen molar-refractivity contribution in [2.45, 2.75) is 11.8 Å². The van der Waals surface area contributed by atoms with Crippen LogP contribution in [0.2, 0.25) is 0 Å². The minimum absolute atomic E-state index is 0.00463. The average molecular weight is 151 g/mol. The highest BCUT2D eigenvalue weighted by Crippen LogP contribution is 2.03. The summed E-state index contributed by atoms with van der Waals surface area (Å²) in [4.78, 5) is 0. The third-order valence-corrected chi connectivity index (χ3v) is 1.25. The lowest BCUT2D eigenvalue weighted by molar-refractivity contribution is 0.976. The van der Waals surface area contributed by atoms with Gasteiger partial charge in [-0.15, -0.1) is 28.9 Å². The van der Waals surface area contributed by atoms with Crippen molar-refractivity contribution >= 4 is 23.2 Å². The Hall–Kier alpha value is 0.100. The van der Waals surface area contributed by atoms with Crippen molar-refractivity contribution in [3.05, 3.63) is 18.4 Å². The monoisotopic (exact) mass is 150 g/mol. The van der Waals surface area contributed by atoms with Crippen molar-refractivity contribution in [1.82, 2.24) is 0 Å². The molecule has 0 amide bonds. The molecule has 0 aliphatic rings. The number of allylic oxidation sites excluding steroid dienone is 1. The van der Waals surface area contributed by atoms with E-state index in [9.17, 15) is 0 Å². The Morgan fingerprint density at radius 3 is 2.75 bits per heavy atom. The van der Waals surface area contributed by atoms with Crippen molar-refractivity contribution in [2.24, 2.45) is 0 Å². The summed E-state index contributed by atoms with van der Waals surface area (Å²) < 4.78 is 0. The maximum Gasteiger partial charge on any atom is 0.0600 e. The summed E-state index contributed by atoms with van der Waals surface area (Å²) >= 11 is 11.0. The van der Waals surface area contributed by atoms with E-state index in [4.69, 9.17) is 23.2 Å². The van der Waals surface area contributed by atoms with Gasteiger partial charge in [0.25, 0.3) is 0 Å². The molecule has 0 aromatic rings. The molecule has 1 unspecified atom stereocenters. The smallest absolute Gasteiger partial charge is 0.0600 e. The number of halogens is 2. The molecule has 0 fully saturated rings. The van der Waals surface area contributed by atoms with Gasteiger partial charge in [-0.25, -0.2) is 0 Å². The number of rotatable bonds is 3. The van der Waals surface area contributed by atoms with Crippen LogP contribution < -0.4 is 0 Å². The van der Waals surface area contributed by atoms with Gasteiger partial charge in [-0.3, -0.25) is 0 Å². The topological polar surface area (TPSA) is 0 Å². The molecule has 0 nitrogen and oxygen atoms in total. The first kappa shape index (κ1) is 8.10. The molecule has 1 atom stereocenters. The summed E-state index contributed by atoms with van der Waals surface area (Å²) in [5.74, 6) is 0.590. The van der Waals surface area contributed by atoms with Crippen LogP contribution in [0, 0.1) is 0 Å². The van der Waals surface area contributed by atoms with Gasteiger partial charge in [-0.05, 0) is 12.5 Å². The number of hydrogen-bond acceptors (Lipinski definition) is 0. The van der Waals surface area contributed by atoms with Gasteiger partial charge in [0.2, 0.25) is 0 Å². The van der Waals surface area contributed by atoms with E-state index in [0.717, 1.165) is 6.42 Å². The molecule has 46 valence electrons. The predicted molar refractivity (Wildman–Crippen MR) is 38.7 cm³/mol. The predicted octanol–water partition coefficient (Wildman–Crippen LogP) is 2.56. The Morgan fingerprint density at radius 1 is 1.75 bits per heavy atom. The summed E-state index contributed by atoms with van der Waals surface area (Å²) in [6.45, 7) is 3.37. The van der Waals surface area contributed by atoms with E-state index in [1.807, 2.05) is 0 Å². The molecule has 0 rings (SSSR count). The van der Waals surface area contributed by atoms with Crippen LogP contribution >= 0.6 is 23.2 Å². The fraction of sp³-hybridized carbons (Fsp3) is 0.500. The largest absolute Gasteiger partial charge is 0.132 e. The Kier molecular flexibility index (Phi) is 5.31. The van der Waals surface area contributed by atoms with Gasteiger partial charge < -0.3 is 0 Å². The van der Waals surface area contributed by atoms with E-state index < -0.39 is 0 Å². The fourth-order valence-electron chi connectivity index (χ4n) is 0.315. The van der Waals surface area contributed by atoms with E-state index in [0.29, 0.717) is 5.88 Å². The number of alkyl halides is 2. The van der Waals surface area contributed by atoms with Crippen LogP contribution in [0.4, 0.5) is 0 Å². The van der Waals surface area contributed by atoms with Gasteiger partial charge in [-0.1, -0.05) is 6.58 Å². The van der Waals surface area contributed by atoms with Crippen LogP contribution in [0.5, 0.6) is 0 Å². The highest BCUT2D eigenvalue weighted by Gasteiger charge is 1.94. The Balaban J connectivity index is 3.31. The normalized spacial score (nSPS) is 12.2. The second kappa shape index (κ2) is 5.24. The van der Waals surface area contributed by atoms with Crippen LogP contribution in [-0.2, 0) is 0 Å². The third kappa shape index (κ3) is 4.26. The van der Waals surface area contributed by atoms with Crippen LogP contribution in [-0.4, -0.2) is 11.3 Å². The molecule has 0 bridgehead atoms. The van der Waals surface area contributed by atoms with Gasteiger partial charge in [0.05, 0.1) is 5.38 Å². The van der Waals surface area contributed by atoms with Crippen molar-refractivity contribution in [1.29, 1.82) is 0 Å². The minimum atomic E-state index is 0.00463. The average Bonchev–Trinajstić information content (AvgIpc) is 1.68. The first-order valence-corrected chi connectivity index (χ1v) is 3.34. The molecule has 0 radical (unpaired) electrons. The van der Waals surface area contributed by atoms with Gasteiger partial charge >= 0.3 is 0 Å². The van der Waals surface area contributed by atoms with Crippen molar-refractivity contribution < 1.29 is 0 Å². The molecule has 0 aromatic heterocycles. The maximum absolute atomic E-state index is 5.64. The Bertz CT molecular complexity index is 92.7. The standard InChI is InChI=1S/C6H8Cl2/c1-2-3-6(8)4-5-7/h3,6H,1,4-5H2. The van der Waals surface area contributed by atoms with E-state index >= 15 is 0 Å². The second-order valence-electron chi connectivity index (χ2n) is 1.36. The summed E-state index contributed by atoms with van der Waals surface area (Å²) in [6.07, 6.45) is 2.48. The molecule has 0 spiro atoms. The van der Waals surface area contributed by atoms with Crippen LogP contribution in [0.3, 0.4) is 0 Å². The summed E-state index contributed by atoms with van der Waals surface area (Å²) in [7, 11) is 0. The summed E-state index contributed by atoms with van der Waals surface area (Å²) in [5.41, 5.74) is 2.59. The molecule has 2 heteroatoms. The summed E-state index contributed by atoms with van der Waals surface area (Å²) in [6, 6.07) is 0. The molecule has 0 N–H and O–H groups in total. The Morgan fingerprint density at radius 2 is 2.38 bits per heavy atom. The zero-order chi connectivity index (χ0) is 6.41. The molecular formula is C6H8Cl2. The molecule has 0 aliphatic heterocycles. The quantitative estimate of drug-likeness (QED) is 0.429. The molecule has 0 heterocycles. The van der Waals surface area contributed by atoms with Gasteiger partial charge in [0, 0.05) is 5.88 Å². The van der Waals surface area contributed by atoms with Gasteiger partial charge in [-0.2, -0.15) is 0 Å². The lowest BCUT2D eigenvalue weighted by Gasteiger charge is -1.94. The minimum Gasteiger partial charge on any atom is -0.132 e.